The third-order valence-electron chi connectivity index (χ3n) is 4.04. The summed E-state index contributed by atoms with van der Waals surface area (Å²) in [5.74, 6) is 1.01. The molecule has 1 aliphatic heterocycles. The van der Waals surface area contributed by atoms with Crippen LogP contribution in [-0.2, 0) is 0 Å². The van der Waals surface area contributed by atoms with Gasteiger partial charge in [-0.25, -0.2) is 0 Å². The molecule has 0 bridgehead atoms. The van der Waals surface area contributed by atoms with Crippen LogP contribution >= 0.6 is 0 Å². The van der Waals surface area contributed by atoms with E-state index in [0.717, 1.165) is 31.9 Å². The van der Waals surface area contributed by atoms with Crippen molar-refractivity contribution in [3.63, 3.8) is 0 Å². The van der Waals surface area contributed by atoms with E-state index in [1.54, 1.807) is 0 Å². The molecule has 3 nitrogen and oxygen atoms in total. The van der Waals surface area contributed by atoms with Gasteiger partial charge in [0.2, 0.25) is 0 Å². The highest BCUT2D eigenvalue weighted by atomic mass is 16.5. The lowest BCUT2D eigenvalue weighted by Gasteiger charge is -2.31. The molecule has 0 aliphatic carbocycles. The molecule has 0 saturated carbocycles. The van der Waals surface area contributed by atoms with Gasteiger partial charge < -0.3 is 10.5 Å². The first-order valence-electron chi connectivity index (χ1n) is 8.02. The van der Waals surface area contributed by atoms with Crippen LogP contribution in [0.25, 0.3) is 0 Å². The summed E-state index contributed by atoms with van der Waals surface area (Å²) in [6, 6.07) is 8.68. The van der Waals surface area contributed by atoms with E-state index in [9.17, 15) is 0 Å². The molecule has 0 aromatic heterocycles. The average Bonchev–Trinajstić information content (AvgIpc) is 2.76. The van der Waals surface area contributed by atoms with Crippen LogP contribution in [0.5, 0.6) is 5.75 Å². The van der Waals surface area contributed by atoms with Crippen LogP contribution in [0.15, 0.2) is 24.3 Å². The van der Waals surface area contributed by atoms with Crippen molar-refractivity contribution in [1.82, 2.24) is 4.90 Å². The van der Waals surface area contributed by atoms with Crippen molar-refractivity contribution in [3.05, 3.63) is 29.8 Å². The van der Waals surface area contributed by atoms with Gasteiger partial charge >= 0.3 is 0 Å². The number of benzene rings is 1. The lowest BCUT2D eigenvalue weighted by atomic mass is 10.0. The van der Waals surface area contributed by atoms with E-state index in [1.807, 2.05) is 6.07 Å². The summed E-state index contributed by atoms with van der Waals surface area (Å²) in [7, 11) is 0. The molecule has 0 spiro atoms. The molecule has 112 valence electrons. The fourth-order valence-electron chi connectivity index (χ4n) is 2.98. The maximum absolute atomic E-state index is 6.09. The molecule has 1 aromatic carbocycles. The lowest BCUT2D eigenvalue weighted by molar-refractivity contribution is 0.203. The summed E-state index contributed by atoms with van der Waals surface area (Å²) in [5.41, 5.74) is 7.34. The van der Waals surface area contributed by atoms with E-state index in [4.69, 9.17) is 10.5 Å². The molecule has 1 unspecified atom stereocenters. The second kappa shape index (κ2) is 8.28. The Labute approximate surface area is 123 Å². The first-order valence-corrected chi connectivity index (χ1v) is 8.02. The minimum Gasteiger partial charge on any atom is -0.493 e. The van der Waals surface area contributed by atoms with Gasteiger partial charge in [0.1, 0.15) is 5.75 Å². The van der Waals surface area contributed by atoms with Gasteiger partial charge in [0.25, 0.3) is 0 Å². The summed E-state index contributed by atoms with van der Waals surface area (Å²) < 4.78 is 5.91. The van der Waals surface area contributed by atoms with Crippen molar-refractivity contribution in [2.75, 3.05) is 26.2 Å². The van der Waals surface area contributed by atoms with Crippen LogP contribution in [0.3, 0.4) is 0 Å². The zero-order valence-corrected chi connectivity index (χ0v) is 12.7. The Morgan fingerprint density at radius 2 is 1.85 bits per heavy atom. The molecule has 3 heteroatoms. The highest BCUT2D eigenvalue weighted by Gasteiger charge is 2.22. The number of nitrogens with two attached hydrogens (primary N) is 1. The SMILES string of the molecule is CCCOc1ccccc1C(CN)N1CCCCCC1. The topological polar surface area (TPSA) is 38.5 Å². The van der Waals surface area contributed by atoms with Crippen LogP contribution in [0.2, 0.25) is 0 Å². The molecule has 1 atom stereocenters. The minimum atomic E-state index is 0.293. The molecule has 0 radical (unpaired) electrons. The number of hydrogen-bond donors (Lipinski definition) is 1. The quantitative estimate of drug-likeness (QED) is 0.866. The van der Waals surface area contributed by atoms with Gasteiger partial charge in [-0.15, -0.1) is 0 Å². The largest absolute Gasteiger partial charge is 0.493 e. The Morgan fingerprint density at radius 3 is 2.50 bits per heavy atom. The summed E-state index contributed by atoms with van der Waals surface area (Å²) in [6.07, 6.45) is 6.30. The van der Waals surface area contributed by atoms with Gasteiger partial charge in [-0.1, -0.05) is 38.0 Å². The molecule has 2 N–H and O–H groups in total. The second-order valence-corrected chi connectivity index (χ2v) is 5.59. The van der Waals surface area contributed by atoms with Crippen molar-refractivity contribution in [1.29, 1.82) is 0 Å². The Kier molecular flexibility index (Phi) is 6.34. The number of hydrogen-bond acceptors (Lipinski definition) is 3. The minimum absolute atomic E-state index is 0.293. The molecule has 1 aliphatic rings. The van der Waals surface area contributed by atoms with Gasteiger partial charge in [0.05, 0.1) is 12.6 Å². The summed E-state index contributed by atoms with van der Waals surface area (Å²) in [6.45, 7) is 5.88. The van der Waals surface area contributed by atoms with E-state index >= 15 is 0 Å². The van der Waals surface area contributed by atoms with Crippen LogP contribution in [0.1, 0.15) is 50.6 Å². The first kappa shape index (κ1) is 15.3. The van der Waals surface area contributed by atoms with Crippen molar-refractivity contribution >= 4 is 0 Å². The molecule has 1 aromatic rings. The molecule has 0 amide bonds. The van der Waals surface area contributed by atoms with Gasteiger partial charge in [-0.2, -0.15) is 0 Å². The number of para-hydroxylation sites is 1. The lowest BCUT2D eigenvalue weighted by Crippen LogP contribution is -2.34. The van der Waals surface area contributed by atoms with Crippen LogP contribution in [-0.4, -0.2) is 31.1 Å². The Balaban J connectivity index is 2.16. The zero-order valence-electron chi connectivity index (χ0n) is 12.7. The average molecular weight is 276 g/mol. The number of likely N-dealkylation sites (tertiary alicyclic amines) is 1. The van der Waals surface area contributed by atoms with Gasteiger partial charge in [-0.05, 0) is 38.4 Å². The molecule has 2 rings (SSSR count). The monoisotopic (exact) mass is 276 g/mol. The van der Waals surface area contributed by atoms with E-state index in [-0.39, 0.29) is 0 Å². The molecule has 1 saturated heterocycles. The zero-order chi connectivity index (χ0) is 14.2. The van der Waals surface area contributed by atoms with Crippen molar-refractivity contribution in [2.24, 2.45) is 5.73 Å². The smallest absolute Gasteiger partial charge is 0.124 e. The summed E-state index contributed by atoms with van der Waals surface area (Å²) in [5, 5.41) is 0. The molecule has 20 heavy (non-hydrogen) atoms. The number of rotatable bonds is 6. The third-order valence-corrected chi connectivity index (χ3v) is 4.04. The van der Waals surface area contributed by atoms with E-state index in [1.165, 1.54) is 31.2 Å². The molecule has 1 heterocycles. The predicted octanol–water partition coefficient (Wildman–Crippen LogP) is 3.35. The number of nitrogens with zero attached hydrogens (tertiary/aromatic N) is 1. The fourth-order valence-corrected chi connectivity index (χ4v) is 2.98. The van der Waals surface area contributed by atoms with Crippen molar-refractivity contribution in [3.8, 4) is 5.75 Å². The van der Waals surface area contributed by atoms with Gasteiger partial charge in [0, 0.05) is 12.1 Å². The van der Waals surface area contributed by atoms with Crippen LogP contribution in [0, 0.1) is 0 Å². The maximum Gasteiger partial charge on any atom is 0.124 e. The van der Waals surface area contributed by atoms with Gasteiger partial charge in [0.15, 0.2) is 0 Å². The Morgan fingerprint density at radius 1 is 1.15 bits per heavy atom. The number of ether oxygens (including phenoxy) is 1. The van der Waals surface area contributed by atoms with Crippen LogP contribution < -0.4 is 10.5 Å². The van der Waals surface area contributed by atoms with E-state index in [2.05, 4.69) is 30.0 Å². The molecular weight excluding hydrogens is 248 g/mol. The predicted molar refractivity (Wildman–Crippen MR) is 84.1 cm³/mol. The second-order valence-electron chi connectivity index (χ2n) is 5.59. The third kappa shape index (κ3) is 3.97. The van der Waals surface area contributed by atoms with E-state index < -0.39 is 0 Å². The summed E-state index contributed by atoms with van der Waals surface area (Å²) >= 11 is 0. The Hall–Kier alpha value is -1.06. The van der Waals surface area contributed by atoms with E-state index in [0.29, 0.717) is 12.6 Å². The van der Waals surface area contributed by atoms with Crippen LogP contribution in [0.4, 0.5) is 0 Å². The molecule has 1 fully saturated rings. The maximum atomic E-state index is 6.09. The normalized spacial score (nSPS) is 18.5. The highest BCUT2D eigenvalue weighted by molar-refractivity contribution is 5.36. The van der Waals surface area contributed by atoms with Crippen molar-refractivity contribution in [2.45, 2.75) is 45.1 Å². The molecular formula is C17H28N2O. The van der Waals surface area contributed by atoms with Gasteiger partial charge in [-0.3, -0.25) is 4.90 Å². The fraction of sp³-hybridized carbons (Fsp3) is 0.647. The Bertz CT molecular complexity index is 386. The standard InChI is InChI=1S/C17H28N2O/c1-2-13-20-17-10-6-5-9-15(17)16(14-18)19-11-7-3-4-8-12-19/h5-6,9-10,16H,2-4,7-8,11-14,18H2,1H3. The summed E-state index contributed by atoms with van der Waals surface area (Å²) in [4.78, 5) is 2.54. The highest BCUT2D eigenvalue weighted by Crippen LogP contribution is 2.30. The first-order chi connectivity index (χ1) is 9.86. The van der Waals surface area contributed by atoms with Crippen molar-refractivity contribution < 1.29 is 4.74 Å².